The molecule has 0 atom stereocenters. The lowest BCUT2D eigenvalue weighted by molar-refractivity contribution is 0.105. The second-order valence-electron chi connectivity index (χ2n) is 6.89. The average molecular weight is 439 g/mol. The van der Waals surface area contributed by atoms with Crippen LogP contribution < -0.4 is 20.1 Å². The molecule has 0 aliphatic heterocycles. The molecule has 0 amide bonds. The van der Waals surface area contributed by atoms with Crippen molar-refractivity contribution >= 4 is 5.96 Å². The summed E-state index contributed by atoms with van der Waals surface area (Å²) in [5, 5.41) is 6.57. The maximum Gasteiger partial charge on any atom is 0.219 e. The van der Waals surface area contributed by atoms with E-state index < -0.39 is 0 Å². The van der Waals surface area contributed by atoms with Crippen molar-refractivity contribution in [2.24, 2.45) is 4.99 Å². The first kappa shape index (κ1) is 23.1. The number of nitrogens with one attached hydrogen (secondary N) is 2. The molecule has 3 aromatic rings. The summed E-state index contributed by atoms with van der Waals surface area (Å²) in [6, 6.07) is 15.0. The Morgan fingerprint density at radius 1 is 1.09 bits per heavy atom. The number of aromatic nitrogens is 1. The summed E-state index contributed by atoms with van der Waals surface area (Å²) >= 11 is 0. The molecule has 0 radical (unpaired) electrons. The molecule has 0 saturated carbocycles. The maximum absolute atomic E-state index is 5.78. The number of guanidine groups is 1. The normalized spacial score (nSPS) is 11.2. The summed E-state index contributed by atoms with van der Waals surface area (Å²) in [4.78, 5) is 8.99. The predicted molar refractivity (Wildman–Crippen MR) is 123 cm³/mol. The topological polar surface area (TPSA) is 90.1 Å². The van der Waals surface area contributed by atoms with Gasteiger partial charge in [0.15, 0.2) is 5.96 Å². The lowest BCUT2D eigenvalue weighted by atomic mass is 10.3. The van der Waals surface area contributed by atoms with Gasteiger partial charge in [0.2, 0.25) is 5.88 Å². The minimum Gasteiger partial charge on any atom is -0.497 e. The van der Waals surface area contributed by atoms with Crippen LogP contribution in [0.25, 0.3) is 0 Å². The van der Waals surface area contributed by atoms with Gasteiger partial charge in [-0.3, -0.25) is 0 Å². The molecule has 8 nitrogen and oxygen atoms in total. The van der Waals surface area contributed by atoms with E-state index in [4.69, 9.17) is 18.6 Å². The Morgan fingerprint density at radius 2 is 2.00 bits per heavy atom. The Morgan fingerprint density at radius 3 is 2.75 bits per heavy atom. The molecule has 0 saturated heterocycles. The van der Waals surface area contributed by atoms with E-state index in [-0.39, 0.29) is 0 Å². The van der Waals surface area contributed by atoms with E-state index in [0.717, 1.165) is 42.5 Å². The van der Waals surface area contributed by atoms with Crippen LogP contribution in [0.2, 0.25) is 0 Å². The van der Waals surface area contributed by atoms with Crippen LogP contribution in [-0.2, 0) is 17.9 Å². The van der Waals surface area contributed by atoms with E-state index in [1.165, 1.54) is 0 Å². The van der Waals surface area contributed by atoms with Crippen molar-refractivity contribution in [1.82, 2.24) is 15.6 Å². The Labute approximate surface area is 188 Å². The molecule has 1 aromatic carbocycles. The van der Waals surface area contributed by atoms with Crippen molar-refractivity contribution in [2.45, 2.75) is 26.5 Å². The van der Waals surface area contributed by atoms with Gasteiger partial charge in [0.1, 0.15) is 23.9 Å². The van der Waals surface area contributed by atoms with Gasteiger partial charge in [-0.25, -0.2) is 9.98 Å². The van der Waals surface area contributed by atoms with Crippen LogP contribution >= 0.6 is 0 Å². The van der Waals surface area contributed by atoms with Crippen molar-refractivity contribution in [1.29, 1.82) is 0 Å². The van der Waals surface area contributed by atoms with Crippen LogP contribution in [0.1, 0.15) is 24.7 Å². The lowest BCUT2D eigenvalue weighted by Gasteiger charge is -2.11. The summed E-state index contributed by atoms with van der Waals surface area (Å²) in [7, 11) is 1.62. The quantitative estimate of drug-likeness (QED) is 0.250. The number of pyridine rings is 1. The highest BCUT2D eigenvalue weighted by atomic mass is 16.5. The zero-order valence-corrected chi connectivity index (χ0v) is 18.5. The zero-order valence-electron chi connectivity index (χ0n) is 18.5. The van der Waals surface area contributed by atoms with E-state index in [9.17, 15) is 0 Å². The standard InChI is InChI=1S/C24H30N4O4/c1-3-25-24(26-12-6-13-30-18-22-9-5-14-31-22)28-17-19-10-11-23(27-16-19)32-21-8-4-7-20(15-21)29-2/h4-5,7-11,14-16H,3,6,12-13,17-18H2,1-2H3,(H2,25,26,28). The number of rotatable bonds is 12. The van der Waals surface area contributed by atoms with Crippen molar-refractivity contribution in [3.8, 4) is 17.4 Å². The minimum absolute atomic E-state index is 0.492. The molecule has 2 heterocycles. The maximum atomic E-state index is 5.78. The van der Waals surface area contributed by atoms with Crippen LogP contribution in [-0.4, -0.2) is 37.7 Å². The Balaban J connectivity index is 1.42. The summed E-state index contributed by atoms with van der Waals surface area (Å²) in [6.07, 6.45) is 4.28. The highest BCUT2D eigenvalue weighted by Crippen LogP contribution is 2.23. The summed E-state index contributed by atoms with van der Waals surface area (Å²) in [5.41, 5.74) is 0.988. The molecule has 170 valence electrons. The van der Waals surface area contributed by atoms with Crippen LogP contribution in [0, 0.1) is 0 Å². The molecule has 0 aliphatic rings. The van der Waals surface area contributed by atoms with Gasteiger partial charge in [-0.05, 0) is 43.2 Å². The molecule has 0 aliphatic carbocycles. The van der Waals surface area contributed by atoms with Gasteiger partial charge < -0.3 is 29.3 Å². The number of ether oxygens (including phenoxy) is 3. The minimum atomic E-state index is 0.492. The Bertz CT molecular complexity index is 943. The molecular weight excluding hydrogens is 408 g/mol. The van der Waals surface area contributed by atoms with Gasteiger partial charge in [-0.1, -0.05) is 12.1 Å². The molecule has 0 spiro atoms. The first-order valence-corrected chi connectivity index (χ1v) is 10.7. The smallest absolute Gasteiger partial charge is 0.219 e. The highest BCUT2D eigenvalue weighted by Gasteiger charge is 2.02. The van der Waals surface area contributed by atoms with E-state index in [0.29, 0.717) is 31.4 Å². The van der Waals surface area contributed by atoms with Crippen molar-refractivity contribution in [2.75, 3.05) is 26.8 Å². The fourth-order valence-corrected chi connectivity index (χ4v) is 2.81. The van der Waals surface area contributed by atoms with Gasteiger partial charge in [-0.15, -0.1) is 0 Å². The third-order valence-corrected chi connectivity index (χ3v) is 4.41. The fraction of sp³-hybridized carbons (Fsp3) is 0.333. The van der Waals surface area contributed by atoms with E-state index in [2.05, 4.69) is 20.6 Å². The second kappa shape index (κ2) is 13.0. The van der Waals surface area contributed by atoms with Crippen LogP contribution in [0.3, 0.4) is 0 Å². The van der Waals surface area contributed by atoms with E-state index >= 15 is 0 Å². The number of furan rings is 1. The zero-order chi connectivity index (χ0) is 22.4. The van der Waals surface area contributed by atoms with E-state index in [1.807, 2.05) is 55.5 Å². The number of hydrogen-bond acceptors (Lipinski definition) is 6. The van der Waals surface area contributed by atoms with Crippen LogP contribution in [0.4, 0.5) is 0 Å². The molecule has 0 fully saturated rings. The van der Waals surface area contributed by atoms with Gasteiger partial charge in [0.05, 0.1) is 19.9 Å². The highest BCUT2D eigenvalue weighted by molar-refractivity contribution is 5.79. The monoisotopic (exact) mass is 438 g/mol. The van der Waals surface area contributed by atoms with Gasteiger partial charge in [-0.2, -0.15) is 0 Å². The molecule has 0 unspecified atom stereocenters. The Kier molecular flexibility index (Phi) is 9.41. The van der Waals surface area contributed by atoms with Gasteiger partial charge in [0, 0.05) is 38.0 Å². The van der Waals surface area contributed by atoms with E-state index in [1.54, 1.807) is 19.6 Å². The first-order chi connectivity index (χ1) is 15.8. The third kappa shape index (κ3) is 7.96. The average Bonchev–Trinajstić information content (AvgIpc) is 3.34. The molecule has 32 heavy (non-hydrogen) atoms. The van der Waals surface area contributed by atoms with Crippen molar-refractivity contribution < 1.29 is 18.6 Å². The molecule has 8 heteroatoms. The van der Waals surface area contributed by atoms with Crippen molar-refractivity contribution in [3.05, 3.63) is 72.3 Å². The molecule has 2 aromatic heterocycles. The van der Waals surface area contributed by atoms with Gasteiger partial charge in [0.25, 0.3) is 0 Å². The fourth-order valence-electron chi connectivity index (χ4n) is 2.81. The summed E-state index contributed by atoms with van der Waals surface area (Å²) in [5.74, 6) is 3.53. The molecule has 3 rings (SSSR count). The molecule has 2 N–H and O–H groups in total. The number of hydrogen-bond donors (Lipinski definition) is 2. The van der Waals surface area contributed by atoms with Crippen LogP contribution in [0.5, 0.6) is 17.4 Å². The SMILES string of the molecule is CCNC(=NCc1ccc(Oc2cccc(OC)c2)nc1)NCCCOCc1ccco1. The third-order valence-electron chi connectivity index (χ3n) is 4.41. The summed E-state index contributed by atoms with van der Waals surface area (Å²) in [6.45, 7) is 5.23. The lowest BCUT2D eigenvalue weighted by Crippen LogP contribution is -2.38. The number of aliphatic imine (C=N–C) groups is 1. The second-order valence-corrected chi connectivity index (χ2v) is 6.89. The number of methoxy groups -OCH3 is 1. The number of benzene rings is 1. The molecular formula is C24H30N4O4. The summed E-state index contributed by atoms with van der Waals surface area (Å²) < 4.78 is 21.8. The van der Waals surface area contributed by atoms with Gasteiger partial charge >= 0.3 is 0 Å². The Hall–Kier alpha value is -3.52. The predicted octanol–water partition coefficient (Wildman–Crippen LogP) is 4.14. The van der Waals surface area contributed by atoms with Crippen LogP contribution in [0.15, 0.2) is 70.4 Å². The first-order valence-electron chi connectivity index (χ1n) is 10.7. The largest absolute Gasteiger partial charge is 0.497 e. The van der Waals surface area contributed by atoms with Crippen molar-refractivity contribution in [3.63, 3.8) is 0 Å². The molecule has 0 bridgehead atoms. The number of nitrogens with zero attached hydrogens (tertiary/aromatic N) is 2.